The molecule has 2 aromatic rings. The summed E-state index contributed by atoms with van der Waals surface area (Å²) in [5.74, 6) is 0. The molecule has 0 unspecified atom stereocenters. The fraction of sp³-hybridized carbons (Fsp3) is 0.471. The Balaban J connectivity index is 2.55. The van der Waals surface area contributed by atoms with E-state index >= 15 is 0 Å². The van der Waals surface area contributed by atoms with E-state index in [2.05, 4.69) is 4.98 Å². The average Bonchev–Trinajstić information content (AvgIpc) is 2.56. The lowest BCUT2D eigenvalue weighted by molar-refractivity contribution is 0.245. The summed E-state index contributed by atoms with van der Waals surface area (Å²) >= 11 is 0. The van der Waals surface area contributed by atoms with Gasteiger partial charge in [-0.3, -0.25) is 24.1 Å². The Morgan fingerprint density at radius 1 is 1.08 bits per heavy atom. The van der Waals surface area contributed by atoms with Gasteiger partial charge in [-0.2, -0.15) is 0 Å². The van der Waals surface area contributed by atoms with E-state index in [1.165, 1.54) is 4.57 Å². The number of hydroxylamine groups is 1. The maximum atomic E-state index is 12.7. The molecule has 2 heterocycles. The molecule has 0 aromatic carbocycles. The van der Waals surface area contributed by atoms with Gasteiger partial charge >= 0.3 is 5.69 Å². The normalized spacial score (nSPS) is 10.8. The first-order valence-corrected chi connectivity index (χ1v) is 8.20. The summed E-state index contributed by atoms with van der Waals surface area (Å²) in [5.41, 5.74) is 0.677. The molecular formula is C17H24N4O3. The number of hydrogen-bond acceptors (Lipinski definition) is 5. The maximum Gasteiger partial charge on any atom is 0.331 e. The molecule has 0 amide bonds. The monoisotopic (exact) mass is 332 g/mol. The molecule has 0 atom stereocenters. The third-order valence-corrected chi connectivity index (χ3v) is 3.89. The predicted molar refractivity (Wildman–Crippen MR) is 92.5 cm³/mol. The zero-order valence-corrected chi connectivity index (χ0v) is 14.4. The van der Waals surface area contributed by atoms with Crippen molar-refractivity contribution in [3.05, 3.63) is 56.6 Å². The summed E-state index contributed by atoms with van der Waals surface area (Å²) in [6.07, 6.45) is 4.69. The van der Waals surface area contributed by atoms with Crippen molar-refractivity contribution in [2.24, 2.45) is 0 Å². The predicted octanol–water partition coefficient (Wildman–Crippen LogP) is 1.93. The van der Waals surface area contributed by atoms with Gasteiger partial charge < -0.3 is 0 Å². The van der Waals surface area contributed by atoms with Gasteiger partial charge in [-0.05, 0) is 37.5 Å². The average molecular weight is 332 g/mol. The van der Waals surface area contributed by atoms with Crippen molar-refractivity contribution in [1.82, 2.24) is 14.1 Å². The first kappa shape index (κ1) is 17.9. The van der Waals surface area contributed by atoms with Gasteiger partial charge in [-0.25, -0.2) is 9.86 Å². The van der Waals surface area contributed by atoms with E-state index in [1.807, 2.05) is 13.8 Å². The Morgan fingerprint density at radius 3 is 2.25 bits per heavy atom. The van der Waals surface area contributed by atoms with Gasteiger partial charge in [0.05, 0.1) is 12.2 Å². The van der Waals surface area contributed by atoms with E-state index in [9.17, 15) is 14.8 Å². The standard InChI is InChI=1S/C17H24N4O3/c1-4-10-19-13(3)15(16(22)20(11-5-2)17(19)23)21(24)12-14-6-8-18-9-7-14/h6-9,24H,4-5,10-12H2,1-3H3. The number of pyridine rings is 1. The van der Waals surface area contributed by atoms with Gasteiger partial charge in [0.1, 0.15) is 5.69 Å². The molecule has 0 radical (unpaired) electrons. The highest BCUT2D eigenvalue weighted by molar-refractivity contribution is 5.46. The minimum atomic E-state index is -0.455. The van der Waals surface area contributed by atoms with Crippen molar-refractivity contribution >= 4 is 5.69 Å². The van der Waals surface area contributed by atoms with Crippen LogP contribution < -0.4 is 16.3 Å². The lowest BCUT2D eigenvalue weighted by Crippen LogP contribution is -2.44. The fourth-order valence-corrected chi connectivity index (χ4v) is 2.73. The van der Waals surface area contributed by atoms with E-state index in [4.69, 9.17) is 0 Å². The van der Waals surface area contributed by atoms with E-state index in [1.54, 1.807) is 36.0 Å². The van der Waals surface area contributed by atoms with Crippen molar-refractivity contribution in [1.29, 1.82) is 0 Å². The lowest BCUT2D eigenvalue weighted by Gasteiger charge is -2.22. The van der Waals surface area contributed by atoms with Crippen LogP contribution in [0.15, 0.2) is 34.1 Å². The minimum Gasteiger partial charge on any atom is -0.296 e. The molecule has 0 aliphatic carbocycles. The smallest absolute Gasteiger partial charge is 0.296 e. The molecule has 7 nitrogen and oxygen atoms in total. The van der Waals surface area contributed by atoms with Crippen molar-refractivity contribution in [2.75, 3.05) is 5.06 Å². The van der Waals surface area contributed by atoms with Crippen molar-refractivity contribution in [2.45, 2.75) is 53.2 Å². The molecule has 0 saturated carbocycles. The number of aromatic nitrogens is 3. The highest BCUT2D eigenvalue weighted by Gasteiger charge is 2.20. The lowest BCUT2D eigenvalue weighted by atomic mass is 10.2. The largest absolute Gasteiger partial charge is 0.331 e. The van der Waals surface area contributed by atoms with Crippen molar-refractivity contribution in [3.8, 4) is 0 Å². The molecule has 130 valence electrons. The molecule has 2 aromatic heterocycles. The zero-order valence-electron chi connectivity index (χ0n) is 14.4. The Kier molecular flexibility index (Phi) is 5.92. The third kappa shape index (κ3) is 3.56. The fourth-order valence-electron chi connectivity index (χ4n) is 2.73. The van der Waals surface area contributed by atoms with Crippen LogP contribution in [0.25, 0.3) is 0 Å². The maximum absolute atomic E-state index is 12.7. The van der Waals surface area contributed by atoms with Crippen LogP contribution in [-0.4, -0.2) is 19.3 Å². The molecule has 0 aliphatic heterocycles. The first-order valence-electron chi connectivity index (χ1n) is 8.20. The Morgan fingerprint density at radius 2 is 1.67 bits per heavy atom. The highest BCUT2D eigenvalue weighted by atomic mass is 16.5. The van der Waals surface area contributed by atoms with Gasteiger partial charge in [0.2, 0.25) is 0 Å². The SMILES string of the molecule is CCCn1c(C)c(N(O)Cc2ccncc2)c(=O)n(CCC)c1=O. The number of anilines is 1. The van der Waals surface area contributed by atoms with Gasteiger partial charge in [0.25, 0.3) is 5.56 Å². The van der Waals surface area contributed by atoms with E-state index in [-0.39, 0.29) is 17.9 Å². The second kappa shape index (κ2) is 7.92. The molecule has 0 fully saturated rings. The molecule has 0 aliphatic rings. The van der Waals surface area contributed by atoms with Crippen LogP contribution >= 0.6 is 0 Å². The third-order valence-electron chi connectivity index (χ3n) is 3.89. The summed E-state index contributed by atoms with van der Waals surface area (Å²) in [4.78, 5) is 29.2. The summed E-state index contributed by atoms with van der Waals surface area (Å²) in [6.45, 7) is 6.55. The molecule has 1 N–H and O–H groups in total. The van der Waals surface area contributed by atoms with Crippen molar-refractivity contribution < 1.29 is 5.21 Å². The van der Waals surface area contributed by atoms with Crippen molar-refractivity contribution in [3.63, 3.8) is 0 Å². The molecule has 0 saturated heterocycles. The Bertz CT molecular complexity index is 796. The van der Waals surface area contributed by atoms with Crippen LogP contribution in [0.4, 0.5) is 5.69 Å². The Hall–Kier alpha value is -2.41. The van der Waals surface area contributed by atoms with Crippen LogP contribution in [0.1, 0.15) is 37.9 Å². The molecule has 0 spiro atoms. The molecule has 24 heavy (non-hydrogen) atoms. The van der Waals surface area contributed by atoms with Crippen LogP contribution in [0.5, 0.6) is 0 Å². The topological polar surface area (TPSA) is 80.4 Å². The first-order chi connectivity index (χ1) is 11.5. The van der Waals surface area contributed by atoms with Crippen LogP contribution in [0.3, 0.4) is 0 Å². The number of rotatable bonds is 7. The highest BCUT2D eigenvalue weighted by Crippen LogP contribution is 2.15. The van der Waals surface area contributed by atoms with E-state index in [0.717, 1.165) is 17.0 Å². The quantitative estimate of drug-likeness (QED) is 0.784. The second-order valence-electron chi connectivity index (χ2n) is 5.74. The molecule has 2 rings (SSSR count). The van der Waals surface area contributed by atoms with Gasteiger partial charge in [-0.15, -0.1) is 0 Å². The van der Waals surface area contributed by atoms with Gasteiger partial charge in [-0.1, -0.05) is 13.8 Å². The number of hydrogen-bond donors (Lipinski definition) is 1. The second-order valence-corrected chi connectivity index (χ2v) is 5.74. The Labute approximate surface area is 140 Å². The summed E-state index contributed by atoms with van der Waals surface area (Å²) in [6, 6.07) is 3.54. The van der Waals surface area contributed by atoms with Crippen LogP contribution in [0.2, 0.25) is 0 Å². The number of nitrogens with zero attached hydrogens (tertiary/aromatic N) is 4. The van der Waals surface area contributed by atoms with Gasteiger partial charge in [0, 0.05) is 25.5 Å². The van der Waals surface area contributed by atoms with Gasteiger partial charge in [0.15, 0.2) is 0 Å². The van der Waals surface area contributed by atoms with E-state index < -0.39 is 5.56 Å². The summed E-state index contributed by atoms with van der Waals surface area (Å²) < 4.78 is 2.76. The molecule has 0 bridgehead atoms. The van der Waals surface area contributed by atoms with Crippen LogP contribution in [0, 0.1) is 6.92 Å². The van der Waals surface area contributed by atoms with E-state index in [0.29, 0.717) is 25.2 Å². The van der Waals surface area contributed by atoms with Crippen LogP contribution in [-0.2, 0) is 19.6 Å². The zero-order chi connectivity index (χ0) is 17.7. The summed E-state index contributed by atoms with van der Waals surface area (Å²) in [5, 5.41) is 11.4. The molecular weight excluding hydrogens is 308 g/mol. The summed E-state index contributed by atoms with van der Waals surface area (Å²) in [7, 11) is 0. The minimum absolute atomic E-state index is 0.147. The molecule has 7 heteroatoms.